The average Bonchev–Trinajstić information content (AvgIpc) is 2.18. The van der Waals surface area contributed by atoms with Crippen molar-refractivity contribution in [3.05, 3.63) is 35.1 Å². The van der Waals surface area contributed by atoms with Crippen LogP contribution in [0.4, 0.5) is 4.39 Å². The van der Waals surface area contributed by atoms with Crippen molar-refractivity contribution in [2.75, 3.05) is 6.54 Å². The van der Waals surface area contributed by atoms with Crippen LogP contribution in [0.1, 0.15) is 22.3 Å². The zero-order valence-corrected chi connectivity index (χ0v) is 7.59. The van der Waals surface area contributed by atoms with E-state index in [1.54, 1.807) is 6.07 Å². The second-order valence-corrected chi connectivity index (χ2v) is 2.69. The van der Waals surface area contributed by atoms with Gasteiger partial charge < -0.3 is 5.73 Å². The SMILES string of the molecule is NCCC#Cc1ccc(C=O)c(F)c1. The molecule has 0 aromatic heterocycles. The zero-order valence-electron chi connectivity index (χ0n) is 7.59. The van der Waals surface area contributed by atoms with Crippen LogP contribution in [0, 0.1) is 17.7 Å². The first-order chi connectivity index (χ1) is 6.77. The Balaban J connectivity index is 2.88. The van der Waals surface area contributed by atoms with Crippen LogP contribution in [0.2, 0.25) is 0 Å². The van der Waals surface area contributed by atoms with Crippen molar-refractivity contribution >= 4 is 6.29 Å². The third kappa shape index (κ3) is 2.68. The molecule has 0 saturated carbocycles. The molecule has 0 unspecified atom stereocenters. The van der Waals surface area contributed by atoms with Crippen molar-refractivity contribution in [2.24, 2.45) is 5.73 Å². The van der Waals surface area contributed by atoms with Crippen LogP contribution >= 0.6 is 0 Å². The molecule has 72 valence electrons. The van der Waals surface area contributed by atoms with Gasteiger partial charge in [-0.15, -0.1) is 0 Å². The van der Waals surface area contributed by atoms with Crippen molar-refractivity contribution < 1.29 is 9.18 Å². The van der Waals surface area contributed by atoms with Gasteiger partial charge in [0, 0.05) is 18.5 Å². The Kier molecular flexibility index (Phi) is 3.84. The van der Waals surface area contributed by atoms with Gasteiger partial charge in [0.1, 0.15) is 5.82 Å². The van der Waals surface area contributed by atoms with E-state index >= 15 is 0 Å². The fraction of sp³-hybridized carbons (Fsp3) is 0.182. The van der Waals surface area contributed by atoms with E-state index < -0.39 is 5.82 Å². The van der Waals surface area contributed by atoms with Crippen molar-refractivity contribution in [1.82, 2.24) is 0 Å². The molecule has 0 fully saturated rings. The molecule has 1 rings (SSSR count). The number of carbonyl (C=O) groups is 1. The number of carbonyl (C=O) groups excluding carboxylic acids is 1. The van der Waals surface area contributed by atoms with Gasteiger partial charge in [-0.25, -0.2) is 4.39 Å². The van der Waals surface area contributed by atoms with E-state index in [1.807, 2.05) is 0 Å². The van der Waals surface area contributed by atoms with Gasteiger partial charge in [-0.2, -0.15) is 0 Å². The summed E-state index contributed by atoms with van der Waals surface area (Å²) in [5.41, 5.74) is 5.85. The zero-order chi connectivity index (χ0) is 10.4. The quantitative estimate of drug-likeness (QED) is 0.566. The first-order valence-electron chi connectivity index (χ1n) is 4.21. The first-order valence-corrected chi connectivity index (χ1v) is 4.21. The van der Waals surface area contributed by atoms with Gasteiger partial charge in [-0.3, -0.25) is 4.79 Å². The molecule has 0 heterocycles. The van der Waals surface area contributed by atoms with Crippen molar-refractivity contribution in [3.63, 3.8) is 0 Å². The van der Waals surface area contributed by atoms with Crippen molar-refractivity contribution in [2.45, 2.75) is 6.42 Å². The van der Waals surface area contributed by atoms with E-state index in [4.69, 9.17) is 5.73 Å². The molecule has 0 atom stereocenters. The molecule has 0 bridgehead atoms. The lowest BCUT2D eigenvalue weighted by Crippen LogP contribution is -1.95. The molecular formula is C11H10FNO. The minimum absolute atomic E-state index is 0.0503. The molecule has 2 N–H and O–H groups in total. The summed E-state index contributed by atoms with van der Waals surface area (Å²) in [6.07, 6.45) is 1.06. The lowest BCUT2D eigenvalue weighted by Gasteiger charge is -1.94. The number of hydrogen-bond acceptors (Lipinski definition) is 2. The summed E-state index contributed by atoms with van der Waals surface area (Å²) in [6.45, 7) is 0.488. The van der Waals surface area contributed by atoms with Crippen molar-refractivity contribution in [3.8, 4) is 11.8 Å². The summed E-state index contributed by atoms with van der Waals surface area (Å²) in [7, 11) is 0. The first kappa shape index (κ1) is 10.4. The smallest absolute Gasteiger partial charge is 0.152 e. The maximum absolute atomic E-state index is 13.0. The highest BCUT2D eigenvalue weighted by Gasteiger charge is 1.99. The topological polar surface area (TPSA) is 43.1 Å². The molecule has 0 aliphatic heterocycles. The Labute approximate surface area is 81.9 Å². The van der Waals surface area contributed by atoms with Crippen LogP contribution < -0.4 is 5.73 Å². The third-order valence-electron chi connectivity index (χ3n) is 1.63. The third-order valence-corrected chi connectivity index (χ3v) is 1.63. The van der Waals surface area contributed by atoms with Gasteiger partial charge in [-0.1, -0.05) is 11.8 Å². The van der Waals surface area contributed by atoms with Gasteiger partial charge in [0.15, 0.2) is 6.29 Å². The predicted octanol–water partition coefficient (Wildman–Crippen LogP) is 1.34. The van der Waals surface area contributed by atoms with E-state index in [0.717, 1.165) is 0 Å². The summed E-state index contributed by atoms with van der Waals surface area (Å²) in [6, 6.07) is 4.26. The fourth-order valence-electron chi connectivity index (χ4n) is 0.937. The molecule has 1 aromatic carbocycles. The van der Waals surface area contributed by atoms with Gasteiger partial charge in [-0.05, 0) is 18.2 Å². The lowest BCUT2D eigenvalue weighted by atomic mass is 10.1. The van der Waals surface area contributed by atoms with E-state index in [2.05, 4.69) is 11.8 Å². The van der Waals surface area contributed by atoms with Crippen LogP contribution in [0.3, 0.4) is 0 Å². The number of hydrogen-bond donors (Lipinski definition) is 1. The number of aldehydes is 1. The van der Waals surface area contributed by atoms with Gasteiger partial charge >= 0.3 is 0 Å². The molecule has 0 spiro atoms. The molecule has 0 aliphatic carbocycles. The largest absolute Gasteiger partial charge is 0.330 e. The normalized spacial score (nSPS) is 9.00. The van der Waals surface area contributed by atoms with Crippen LogP contribution in [0.5, 0.6) is 0 Å². The number of nitrogens with two attached hydrogens (primary N) is 1. The molecule has 2 nitrogen and oxygen atoms in total. The number of rotatable bonds is 2. The monoisotopic (exact) mass is 191 g/mol. The standard InChI is InChI=1S/C11H10FNO/c12-11-7-9(3-1-2-6-13)4-5-10(11)8-14/h4-5,7-8H,2,6,13H2. The van der Waals surface area contributed by atoms with Crippen LogP contribution in [-0.2, 0) is 0 Å². The van der Waals surface area contributed by atoms with E-state index in [9.17, 15) is 9.18 Å². The maximum atomic E-state index is 13.0. The molecule has 0 aliphatic rings. The van der Waals surface area contributed by atoms with E-state index in [0.29, 0.717) is 24.8 Å². The van der Waals surface area contributed by atoms with Crippen molar-refractivity contribution in [1.29, 1.82) is 0 Å². The minimum Gasteiger partial charge on any atom is -0.330 e. The highest BCUT2D eigenvalue weighted by atomic mass is 19.1. The molecule has 3 heteroatoms. The van der Waals surface area contributed by atoms with Gasteiger partial charge in [0.2, 0.25) is 0 Å². The average molecular weight is 191 g/mol. The summed E-state index contributed by atoms with van der Waals surface area (Å²) in [5.74, 6) is 5.00. The number of halogens is 1. The van der Waals surface area contributed by atoms with E-state index in [1.165, 1.54) is 12.1 Å². The summed E-state index contributed by atoms with van der Waals surface area (Å²) >= 11 is 0. The molecule has 0 saturated heterocycles. The Bertz CT molecular complexity index is 390. The molecule has 0 amide bonds. The van der Waals surface area contributed by atoms with E-state index in [-0.39, 0.29) is 5.56 Å². The summed E-state index contributed by atoms with van der Waals surface area (Å²) < 4.78 is 13.0. The maximum Gasteiger partial charge on any atom is 0.152 e. The van der Waals surface area contributed by atoms with Crippen LogP contribution in [0.25, 0.3) is 0 Å². The Hall–Kier alpha value is -1.66. The summed E-state index contributed by atoms with van der Waals surface area (Å²) in [5, 5.41) is 0. The number of benzene rings is 1. The Morgan fingerprint density at radius 3 is 2.86 bits per heavy atom. The second kappa shape index (κ2) is 5.15. The van der Waals surface area contributed by atoms with Gasteiger partial charge in [0.05, 0.1) is 5.56 Å². The highest BCUT2D eigenvalue weighted by molar-refractivity contribution is 5.75. The predicted molar refractivity (Wildman–Crippen MR) is 52.3 cm³/mol. The fourth-order valence-corrected chi connectivity index (χ4v) is 0.937. The molecular weight excluding hydrogens is 181 g/mol. The highest BCUT2D eigenvalue weighted by Crippen LogP contribution is 2.07. The second-order valence-electron chi connectivity index (χ2n) is 2.69. The molecule has 14 heavy (non-hydrogen) atoms. The summed E-state index contributed by atoms with van der Waals surface area (Å²) in [4.78, 5) is 10.3. The minimum atomic E-state index is -0.542. The Morgan fingerprint density at radius 2 is 2.29 bits per heavy atom. The molecule has 1 aromatic rings. The molecule has 0 radical (unpaired) electrons. The Morgan fingerprint density at radius 1 is 1.50 bits per heavy atom. The van der Waals surface area contributed by atoms with Gasteiger partial charge in [0.25, 0.3) is 0 Å². The lowest BCUT2D eigenvalue weighted by molar-refractivity contribution is 0.112. The van der Waals surface area contributed by atoms with Crippen LogP contribution in [-0.4, -0.2) is 12.8 Å². The van der Waals surface area contributed by atoms with Crippen LogP contribution in [0.15, 0.2) is 18.2 Å².